The van der Waals surface area contributed by atoms with Crippen molar-refractivity contribution in [3.8, 4) is 0 Å². The van der Waals surface area contributed by atoms with Gasteiger partial charge in [-0.15, -0.1) is 0 Å². The Kier molecular flexibility index (Phi) is 2.04. The largest absolute Gasteiger partial charge is 0.385 e. The molecule has 0 aliphatic heterocycles. The Morgan fingerprint density at radius 3 is 2.64 bits per heavy atom. The number of hydrogen-bond acceptors (Lipinski definition) is 2. The summed E-state index contributed by atoms with van der Waals surface area (Å²) in [6, 6.07) is 6.94. The highest BCUT2D eigenvalue weighted by Crippen LogP contribution is 2.40. The SMILES string of the molecule is NC(=O)c1cccc(C2(O)CCC2)c1. The molecule has 1 saturated carbocycles. The van der Waals surface area contributed by atoms with E-state index < -0.39 is 11.5 Å². The maximum atomic E-state index is 10.9. The number of carbonyl (C=O) groups excluding carboxylic acids is 1. The average Bonchev–Trinajstić information content (AvgIpc) is 2.14. The summed E-state index contributed by atoms with van der Waals surface area (Å²) in [6.45, 7) is 0. The third-order valence-corrected chi connectivity index (χ3v) is 2.87. The molecule has 0 atom stereocenters. The van der Waals surface area contributed by atoms with Crippen LogP contribution in [0.1, 0.15) is 35.2 Å². The van der Waals surface area contributed by atoms with Crippen molar-refractivity contribution in [2.75, 3.05) is 0 Å². The van der Waals surface area contributed by atoms with Gasteiger partial charge in [-0.05, 0) is 37.0 Å². The van der Waals surface area contributed by atoms with Gasteiger partial charge in [-0.3, -0.25) is 4.79 Å². The van der Waals surface area contributed by atoms with Gasteiger partial charge in [0.25, 0.3) is 0 Å². The molecule has 0 aromatic heterocycles. The van der Waals surface area contributed by atoms with E-state index in [-0.39, 0.29) is 0 Å². The van der Waals surface area contributed by atoms with Crippen LogP contribution in [0, 0.1) is 0 Å². The van der Waals surface area contributed by atoms with Crippen molar-refractivity contribution in [1.82, 2.24) is 0 Å². The van der Waals surface area contributed by atoms with E-state index in [4.69, 9.17) is 5.73 Å². The van der Waals surface area contributed by atoms with Crippen LogP contribution >= 0.6 is 0 Å². The lowest BCUT2D eigenvalue weighted by atomic mass is 9.75. The first kappa shape index (κ1) is 9.21. The van der Waals surface area contributed by atoms with Crippen LogP contribution in [0.5, 0.6) is 0 Å². The van der Waals surface area contributed by atoms with Gasteiger partial charge in [0.05, 0.1) is 5.60 Å². The lowest BCUT2D eigenvalue weighted by Gasteiger charge is -2.37. The lowest BCUT2D eigenvalue weighted by Crippen LogP contribution is -2.33. The van der Waals surface area contributed by atoms with Crippen LogP contribution < -0.4 is 5.73 Å². The molecule has 3 heteroatoms. The van der Waals surface area contributed by atoms with Crippen LogP contribution in [0.15, 0.2) is 24.3 Å². The minimum Gasteiger partial charge on any atom is -0.385 e. The molecule has 14 heavy (non-hydrogen) atoms. The Balaban J connectivity index is 2.35. The van der Waals surface area contributed by atoms with Crippen molar-refractivity contribution < 1.29 is 9.90 Å². The number of aliphatic hydroxyl groups is 1. The number of carbonyl (C=O) groups is 1. The third kappa shape index (κ3) is 1.40. The number of amides is 1. The summed E-state index contributed by atoms with van der Waals surface area (Å²) in [5.74, 6) is -0.449. The van der Waals surface area contributed by atoms with Gasteiger partial charge in [0.15, 0.2) is 0 Å². The summed E-state index contributed by atoms with van der Waals surface area (Å²) < 4.78 is 0. The zero-order valence-electron chi connectivity index (χ0n) is 7.86. The average molecular weight is 191 g/mol. The van der Waals surface area contributed by atoms with Gasteiger partial charge < -0.3 is 10.8 Å². The van der Waals surface area contributed by atoms with Crippen molar-refractivity contribution in [3.05, 3.63) is 35.4 Å². The van der Waals surface area contributed by atoms with Gasteiger partial charge in [0, 0.05) is 5.56 Å². The van der Waals surface area contributed by atoms with E-state index in [9.17, 15) is 9.90 Å². The highest BCUT2D eigenvalue weighted by Gasteiger charge is 2.36. The van der Waals surface area contributed by atoms with E-state index in [1.165, 1.54) is 0 Å². The zero-order valence-corrected chi connectivity index (χ0v) is 7.86. The molecule has 1 fully saturated rings. The van der Waals surface area contributed by atoms with Crippen molar-refractivity contribution in [1.29, 1.82) is 0 Å². The van der Waals surface area contributed by atoms with Gasteiger partial charge in [0.1, 0.15) is 0 Å². The van der Waals surface area contributed by atoms with Crippen LogP contribution in [-0.4, -0.2) is 11.0 Å². The maximum Gasteiger partial charge on any atom is 0.248 e. The monoisotopic (exact) mass is 191 g/mol. The Morgan fingerprint density at radius 1 is 1.43 bits per heavy atom. The third-order valence-electron chi connectivity index (χ3n) is 2.87. The first-order valence-electron chi connectivity index (χ1n) is 4.74. The molecule has 3 nitrogen and oxygen atoms in total. The van der Waals surface area contributed by atoms with E-state index in [0.29, 0.717) is 5.56 Å². The Bertz CT molecular complexity index is 369. The van der Waals surface area contributed by atoms with Gasteiger partial charge >= 0.3 is 0 Å². The Morgan fingerprint density at radius 2 is 2.14 bits per heavy atom. The minimum absolute atomic E-state index is 0.449. The molecule has 1 aromatic carbocycles. The number of nitrogens with two attached hydrogens (primary N) is 1. The summed E-state index contributed by atoms with van der Waals surface area (Å²) in [5.41, 5.74) is 5.71. The predicted molar refractivity (Wildman–Crippen MR) is 52.7 cm³/mol. The van der Waals surface area contributed by atoms with Crippen molar-refractivity contribution in [2.45, 2.75) is 24.9 Å². The molecule has 0 saturated heterocycles. The quantitative estimate of drug-likeness (QED) is 0.736. The van der Waals surface area contributed by atoms with Crippen LogP contribution in [0.4, 0.5) is 0 Å². The standard InChI is InChI=1S/C11H13NO2/c12-10(13)8-3-1-4-9(7-8)11(14)5-2-6-11/h1,3-4,7,14H,2,5-6H2,(H2,12,13). The lowest BCUT2D eigenvalue weighted by molar-refractivity contribution is -0.0388. The van der Waals surface area contributed by atoms with Gasteiger partial charge in [-0.2, -0.15) is 0 Å². The summed E-state index contributed by atoms with van der Waals surface area (Å²) in [5, 5.41) is 10.0. The molecule has 0 unspecified atom stereocenters. The molecule has 0 bridgehead atoms. The van der Waals surface area contributed by atoms with Crippen molar-refractivity contribution in [3.63, 3.8) is 0 Å². The predicted octanol–water partition coefficient (Wildman–Crippen LogP) is 1.16. The fraction of sp³-hybridized carbons (Fsp3) is 0.364. The Labute approximate surface area is 82.5 Å². The highest BCUT2D eigenvalue weighted by atomic mass is 16.3. The number of benzene rings is 1. The first-order chi connectivity index (χ1) is 6.62. The number of primary amides is 1. The number of rotatable bonds is 2. The van der Waals surface area contributed by atoms with E-state index in [0.717, 1.165) is 24.8 Å². The smallest absolute Gasteiger partial charge is 0.248 e. The molecule has 3 N–H and O–H groups in total. The van der Waals surface area contributed by atoms with Gasteiger partial charge in [-0.1, -0.05) is 12.1 Å². The van der Waals surface area contributed by atoms with E-state index in [2.05, 4.69) is 0 Å². The molecule has 0 heterocycles. The van der Waals surface area contributed by atoms with Crippen LogP contribution in [0.25, 0.3) is 0 Å². The molecule has 0 radical (unpaired) electrons. The van der Waals surface area contributed by atoms with Crippen LogP contribution in [0.3, 0.4) is 0 Å². The van der Waals surface area contributed by atoms with Crippen LogP contribution in [0.2, 0.25) is 0 Å². The zero-order chi connectivity index (χ0) is 10.2. The second-order valence-electron chi connectivity index (χ2n) is 3.83. The van der Waals surface area contributed by atoms with Crippen molar-refractivity contribution >= 4 is 5.91 Å². The highest BCUT2D eigenvalue weighted by molar-refractivity contribution is 5.92. The summed E-state index contributed by atoms with van der Waals surface area (Å²) in [7, 11) is 0. The van der Waals surface area contributed by atoms with E-state index in [1.54, 1.807) is 18.2 Å². The van der Waals surface area contributed by atoms with E-state index >= 15 is 0 Å². The van der Waals surface area contributed by atoms with Gasteiger partial charge in [0.2, 0.25) is 5.91 Å². The minimum atomic E-state index is -0.717. The second kappa shape index (κ2) is 3.10. The molecule has 1 amide bonds. The molecular formula is C11H13NO2. The summed E-state index contributed by atoms with van der Waals surface area (Å²) >= 11 is 0. The molecule has 2 rings (SSSR count). The van der Waals surface area contributed by atoms with Gasteiger partial charge in [-0.25, -0.2) is 0 Å². The maximum absolute atomic E-state index is 10.9. The molecule has 74 valence electrons. The molecular weight excluding hydrogens is 178 g/mol. The fourth-order valence-electron chi connectivity index (χ4n) is 1.76. The van der Waals surface area contributed by atoms with Crippen LogP contribution in [-0.2, 0) is 5.60 Å². The van der Waals surface area contributed by atoms with Crippen molar-refractivity contribution in [2.24, 2.45) is 5.73 Å². The van der Waals surface area contributed by atoms with E-state index in [1.807, 2.05) is 6.07 Å². The molecule has 0 spiro atoms. The first-order valence-corrected chi connectivity index (χ1v) is 4.74. The molecule has 1 aliphatic carbocycles. The number of hydrogen-bond donors (Lipinski definition) is 2. The molecule has 1 aliphatic rings. The fourth-order valence-corrected chi connectivity index (χ4v) is 1.76. The normalized spacial score (nSPS) is 18.6. The topological polar surface area (TPSA) is 63.3 Å². The Hall–Kier alpha value is -1.35. The summed E-state index contributed by atoms with van der Waals surface area (Å²) in [6.07, 6.45) is 2.59. The summed E-state index contributed by atoms with van der Waals surface area (Å²) in [4.78, 5) is 10.9. The second-order valence-corrected chi connectivity index (χ2v) is 3.83. The molecule has 1 aromatic rings.